The van der Waals surface area contributed by atoms with Crippen LogP contribution in [0.5, 0.6) is 0 Å². The van der Waals surface area contributed by atoms with Gasteiger partial charge in [0.15, 0.2) is 5.65 Å². The standard InChI is InChI=1S/C16H22N4O2/c1-3-19-8-6-12(7-9-19)10-15-18-17-14-5-4-13(11-20(14)15)16(21)22-2/h4-5,11-12H,3,6-10H2,1-2H3. The van der Waals surface area contributed by atoms with Gasteiger partial charge in [0.1, 0.15) is 5.82 Å². The summed E-state index contributed by atoms with van der Waals surface area (Å²) in [5, 5.41) is 8.49. The van der Waals surface area contributed by atoms with Crippen LogP contribution in [0.25, 0.3) is 5.65 Å². The van der Waals surface area contributed by atoms with Gasteiger partial charge in [0.25, 0.3) is 0 Å². The Balaban J connectivity index is 1.77. The highest BCUT2D eigenvalue weighted by Crippen LogP contribution is 2.21. The van der Waals surface area contributed by atoms with Gasteiger partial charge in [0.05, 0.1) is 12.7 Å². The molecule has 118 valence electrons. The zero-order valence-corrected chi connectivity index (χ0v) is 13.2. The topological polar surface area (TPSA) is 59.7 Å². The van der Waals surface area contributed by atoms with Crippen molar-refractivity contribution in [2.75, 3.05) is 26.7 Å². The summed E-state index contributed by atoms with van der Waals surface area (Å²) in [4.78, 5) is 14.1. The molecule has 1 aliphatic rings. The van der Waals surface area contributed by atoms with Crippen molar-refractivity contribution in [1.82, 2.24) is 19.5 Å². The van der Waals surface area contributed by atoms with E-state index >= 15 is 0 Å². The number of methoxy groups -OCH3 is 1. The molecule has 0 atom stereocenters. The summed E-state index contributed by atoms with van der Waals surface area (Å²) >= 11 is 0. The van der Waals surface area contributed by atoms with E-state index in [9.17, 15) is 4.79 Å². The Morgan fingerprint density at radius 2 is 2.09 bits per heavy atom. The fourth-order valence-electron chi connectivity index (χ4n) is 3.08. The maximum Gasteiger partial charge on any atom is 0.339 e. The second-order valence-corrected chi connectivity index (χ2v) is 5.84. The van der Waals surface area contributed by atoms with Crippen LogP contribution in [-0.2, 0) is 11.2 Å². The van der Waals surface area contributed by atoms with Gasteiger partial charge in [-0.05, 0) is 50.5 Å². The summed E-state index contributed by atoms with van der Waals surface area (Å²) in [5.74, 6) is 1.23. The van der Waals surface area contributed by atoms with Crippen molar-refractivity contribution in [3.05, 3.63) is 29.7 Å². The molecule has 2 aromatic heterocycles. The summed E-state index contributed by atoms with van der Waals surface area (Å²) in [6, 6.07) is 3.53. The number of nitrogens with zero attached hydrogens (tertiary/aromatic N) is 4. The van der Waals surface area contributed by atoms with Gasteiger partial charge in [-0.2, -0.15) is 0 Å². The van der Waals surface area contributed by atoms with Crippen molar-refractivity contribution in [2.45, 2.75) is 26.2 Å². The molecule has 0 N–H and O–H groups in total. The fraction of sp³-hybridized carbons (Fsp3) is 0.562. The fourth-order valence-corrected chi connectivity index (χ4v) is 3.08. The van der Waals surface area contributed by atoms with Crippen molar-refractivity contribution in [3.63, 3.8) is 0 Å². The number of likely N-dealkylation sites (tertiary alicyclic amines) is 1. The number of carbonyl (C=O) groups excluding carboxylic acids is 1. The van der Waals surface area contributed by atoms with E-state index in [1.165, 1.54) is 20.0 Å². The summed E-state index contributed by atoms with van der Waals surface area (Å²) in [6.45, 7) is 5.65. The minimum absolute atomic E-state index is 0.335. The highest BCUT2D eigenvalue weighted by Gasteiger charge is 2.20. The summed E-state index contributed by atoms with van der Waals surface area (Å²) in [5.41, 5.74) is 1.30. The van der Waals surface area contributed by atoms with Crippen LogP contribution in [0.2, 0.25) is 0 Å². The molecule has 1 fully saturated rings. The SMILES string of the molecule is CCN1CCC(Cc2nnc3ccc(C(=O)OC)cn23)CC1. The van der Waals surface area contributed by atoms with Crippen LogP contribution < -0.4 is 0 Å². The normalized spacial score (nSPS) is 17.0. The van der Waals surface area contributed by atoms with E-state index in [-0.39, 0.29) is 5.97 Å². The van der Waals surface area contributed by atoms with Crippen LogP contribution >= 0.6 is 0 Å². The molecule has 1 saturated heterocycles. The zero-order valence-electron chi connectivity index (χ0n) is 13.2. The number of aromatic nitrogens is 3. The average Bonchev–Trinajstić information content (AvgIpc) is 2.97. The number of hydrogen-bond donors (Lipinski definition) is 0. The van der Waals surface area contributed by atoms with Gasteiger partial charge >= 0.3 is 5.97 Å². The Kier molecular flexibility index (Phi) is 4.38. The monoisotopic (exact) mass is 302 g/mol. The predicted octanol–water partition coefficient (Wildman–Crippen LogP) is 1.79. The van der Waals surface area contributed by atoms with E-state index in [4.69, 9.17) is 4.74 Å². The smallest absolute Gasteiger partial charge is 0.339 e. The third-order valence-electron chi connectivity index (χ3n) is 4.52. The predicted molar refractivity (Wildman–Crippen MR) is 82.9 cm³/mol. The number of hydrogen-bond acceptors (Lipinski definition) is 5. The molecular weight excluding hydrogens is 280 g/mol. The molecule has 6 nitrogen and oxygen atoms in total. The van der Waals surface area contributed by atoms with Gasteiger partial charge in [-0.1, -0.05) is 6.92 Å². The molecule has 0 bridgehead atoms. The number of esters is 1. The molecule has 0 radical (unpaired) electrons. The third-order valence-corrected chi connectivity index (χ3v) is 4.52. The Bertz CT molecular complexity index is 659. The van der Waals surface area contributed by atoms with Crippen LogP contribution in [0.3, 0.4) is 0 Å². The number of ether oxygens (including phenoxy) is 1. The van der Waals surface area contributed by atoms with Crippen LogP contribution in [0.1, 0.15) is 35.9 Å². The largest absolute Gasteiger partial charge is 0.465 e. The molecule has 3 heterocycles. The van der Waals surface area contributed by atoms with Gasteiger partial charge in [0.2, 0.25) is 0 Å². The van der Waals surface area contributed by atoms with Crippen molar-refractivity contribution >= 4 is 11.6 Å². The Labute approximate surface area is 130 Å². The van der Waals surface area contributed by atoms with E-state index in [1.807, 2.05) is 10.5 Å². The second kappa shape index (κ2) is 6.44. The Morgan fingerprint density at radius 3 is 2.77 bits per heavy atom. The molecule has 3 rings (SSSR count). The first-order chi connectivity index (χ1) is 10.7. The highest BCUT2D eigenvalue weighted by molar-refractivity contribution is 5.89. The Hall–Kier alpha value is -1.95. The lowest BCUT2D eigenvalue weighted by atomic mass is 9.93. The zero-order chi connectivity index (χ0) is 15.5. The lowest BCUT2D eigenvalue weighted by Crippen LogP contribution is -2.34. The maximum absolute atomic E-state index is 11.7. The molecule has 0 amide bonds. The number of piperidine rings is 1. The molecule has 0 unspecified atom stereocenters. The minimum Gasteiger partial charge on any atom is -0.465 e. The highest BCUT2D eigenvalue weighted by atomic mass is 16.5. The molecule has 22 heavy (non-hydrogen) atoms. The molecule has 0 saturated carbocycles. The maximum atomic E-state index is 11.7. The van der Waals surface area contributed by atoms with Gasteiger partial charge in [-0.15, -0.1) is 10.2 Å². The van der Waals surface area contributed by atoms with Crippen LogP contribution in [0.4, 0.5) is 0 Å². The number of pyridine rings is 1. The van der Waals surface area contributed by atoms with E-state index < -0.39 is 0 Å². The van der Waals surface area contributed by atoms with Crippen molar-refractivity contribution in [3.8, 4) is 0 Å². The number of carbonyl (C=O) groups is 1. The molecule has 1 aliphatic heterocycles. The van der Waals surface area contributed by atoms with Gasteiger partial charge in [-0.3, -0.25) is 4.40 Å². The molecule has 0 spiro atoms. The Morgan fingerprint density at radius 1 is 1.32 bits per heavy atom. The second-order valence-electron chi connectivity index (χ2n) is 5.84. The van der Waals surface area contributed by atoms with Crippen LogP contribution in [0, 0.1) is 5.92 Å². The van der Waals surface area contributed by atoms with E-state index in [0.717, 1.165) is 37.5 Å². The molecule has 0 aromatic carbocycles. The molecule has 6 heteroatoms. The van der Waals surface area contributed by atoms with Gasteiger partial charge < -0.3 is 9.64 Å². The first-order valence-corrected chi connectivity index (χ1v) is 7.85. The minimum atomic E-state index is -0.335. The first kappa shape index (κ1) is 15.0. The summed E-state index contributed by atoms with van der Waals surface area (Å²) < 4.78 is 6.69. The summed E-state index contributed by atoms with van der Waals surface area (Å²) in [7, 11) is 1.39. The quantitative estimate of drug-likeness (QED) is 0.806. The summed E-state index contributed by atoms with van der Waals surface area (Å²) in [6.07, 6.45) is 5.07. The van der Waals surface area contributed by atoms with Crippen LogP contribution in [0.15, 0.2) is 18.3 Å². The van der Waals surface area contributed by atoms with E-state index in [0.29, 0.717) is 11.5 Å². The van der Waals surface area contributed by atoms with Crippen molar-refractivity contribution in [2.24, 2.45) is 5.92 Å². The lowest BCUT2D eigenvalue weighted by Gasteiger charge is -2.30. The van der Waals surface area contributed by atoms with Gasteiger partial charge in [0, 0.05) is 12.6 Å². The van der Waals surface area contributed by atoms with Crippen LogP contribution in [-0.4, -0.2) is 52.2 Å². The first-order valence-electron chi connectivity index (χ1n) is 7.85. The lowest BCUT2D eigenvalue weighted by molar-refractivity contribution is 0.0600. The third kappa shape index (κ3) is 2.97. The molecule has 2 aromatic rings. The molecule has 0 aliphatic carbocycles. The van der Waals surface area contributed by atoms with E-state index in [2.05, 4.69) is 22.0 Å². The average molecular weight is 302 g/mol. The molecular formula is C16H22N4O2. The van der Waals surface area contributed by atoms with Crippen molar-refractivity contribution in [1.29, 1.82) is 0 Å². The van der Waals surface area contributed by atoms with Crippen molar-refractivity contribution < 1.29 is 9.53 Å². The van der Waals surface area contributed by atoms with E-state index in [1.54, 1.807) is 12.3 Å². The van der Waals surface area contributed by atoms with Gasteiger partial charge in [-0.25, -0.2) is 4.79 Å². The number of fused-ring (bicyclic) bond motifs is 1. The number of rotatable bonds is 4.